The Morgan fingerprint density at radius 1 is 1.06 bits per heavy atom. The average Bonchev–Trinajstić information content (AvgIpc) is 2.83. The largest absolute Gasteiger partial charge is 0.477 e. The molecule has 2 aliphatic heterocycles. The number of sulfonamides is 1. The van der Waals surface area contributed by atoms with Crippen LogP contribution in [0.1, 0.15) is 18.4 Å². The number of hydrogen-bond donors (Lipinski definition) is 1. The molecule has 0 radical (unpaired) electrons. The van der Waals surface area contributed by atoms with Crippen molar-refractivity contribution in [2.24, 2.45) is 5.92 Å². The maximum Gasteiger partial charge on any atom is 0.262 e. The van der Waals surface area contributed by atoms with Crippen molar-refractivity contribution in [3.8, 4) is 5.75 Å². The Bertz CT molecular complexity index is 1110. The summed E-state index contributed by atoms with van der Waals surface area (Å²) in [7, 11) is -3.37. The van der Waals surface area contributed by atoms with Gasteiger partial charge in [0.25, 0.3) is 5.91 Å². The minimum atomic E-state index is -3.37. The van der Waals surface area contributed by atoms with E-state index in [1.807, 2.05) is 36.4 Å². The lowest BCUT2D eigenvalue weighted by Crippen LogP contribution is -2.54. The van der Waals surface area contributed by atoms with Crippen LogP contribution in [0.25, 0.3) is 0 Å². The summed E-state index contributed by atoms with van der Waals surface area (Å²) in [6.07, 6.45) is 2.26. The van der Waals surface area contributed by atoms with Crippen LogP contribution < -0.4 is 15.0 Å². The molecule has 0 unspecified atom stereocenters. The number of amides is 2. The Morgan fingerprint density at radius 3 is 2.55 bits per heavy atom. The summed E-state index contributed by atoms with van der Waals surface area (Å²) in [5.41, 5.74) is 1.73. The fourth-order valence-electron chi connectivity index (χ4n) is 4.33. The first-order chi connectivity index (χ1) is 15.8. The highest BCUT2D eigenvalue weighted by Crippen LogP contribution is 2.35. The van der Waals surface area contributed by atoms with Crippen molar-refractivity contribution in [3.63, 3.8) is 0 Å². The van der Waals surface area contributed by atoms with Crippen molar-refractivity contribution in [2.45, 2.75) is 25.4 Å². The number of para-hydroxylation sites is 2. The van der Waals surface area contributed by atoms with E-state index < -0.39 is 22.0 Å². The minimum Gasteiger partial charge on any atom is -0.477 e. The fraction of sp³-hybridized carbons (Fsp3) is 0.417. The van der Waals surface area contributed by atoms with Gasteiger partial charge in [0.05, 0.1) is 24.4 Å². The minimum absolute atomic E-state index is 0.0857. The lowest BCUT2D eigenvalue weighted by Gasteiger charge is -2.38. The molecule has 2 aromatic rings. The molecule has 2 heterocycles. The van der Waals surface area contributed by atoms with Gasteiger partial charge >= 0.3 is 0 Å². The summed E-state index contributed by atoms with van der Waals surface area (Å²) in [6, 6.07) is 17.0. The van der Waals surface area contributed by atoms with Gasteiger partial charge in [-0.05, 0) is 37.0 Å². The molecule has 4 rings (SSSR count). The van der Waals surface area contributed by atoms with Crippen LogP contribution in [0, 0.1) is 5.92 Å². The predicted octanol–water partition coefficient (Wildman–Crippen LogP) is 1.81. The summed E-state index contributed by atoms with van der Waals surface area (Å²) in [5.74, 6) is -0.446. The van der Waals surface area contributed by atoms with Crippen LogP contribution in [0.4, 0.5) is 5.69 Å². The van der Waals surface area contributed by atoms with Crippen molar-refractivity contribution in [1.82, 2.24) is 9.62 Å². The second-order valence-corrected chi connectivity index (χ2v) is 10.5. The van der Waals surface area contributed by atoms with Crippen LogP contribution in [0.2, 0.25) is 0 Å². The fourth-order valence-corrected chi connectivity index (χ4v) is 5.25. The second-order valence-electron chi connectivity index (χ2n) is 8.51. The first-order valence-corrected chi connectivity index (χ1v) is 13.0. The van der Waals surface area contributed by atoms with Gasteiger partial charge in [-0.15, -0.1) is 0 Å². The summed E-state index contributed by atoms with van der Waals surface area (Å²) < 4.78 is 31.3. The van der Waals surface area contributed by atoms with Gasteiger partial charge in [0, 0.05) is 19.6 Å². The molecule has 1 saturated heterocycles. The van der Waals surface area contributed by atoms with Crippen molar-refractivity contribution in [2.75, 3.05) is 37.3 Å². The topological polar surface area (TPSA) is 96.0 Å². The van der Waals surface area contributed by atoms with Gasteiger partial charge in [-0.2, -0.15) is 0 Å². The van der Waals surface area contributed by atoms with E-state index in [1.54, 1.807) is 23.1 Å². The molecule has 0 saturated carbocycles. The Labute approximate surface area is 194 Å². The summed E-state index contributed by atoms with van der Waals surface area (Å²) in [5, 5.41) is 2.91. The van der Waals surface area contributed by atoms with Gasteiger partial charge in [0.15, 0.2) is 6.10 Å². The smallest absolute Gasteiger partial charge is 0.262 e. The van der Waals surface area contributed by atoms with Crippen LogP contribution >= 0.6 is 0 Å². The van der Waals surface area contributed by atoms with E-state index in [4.69, 9.17) is 4.74 Å². The average molecular weight is 472 g/mol. The van der Waals surface area contributed by atoms with Crippen molar-refractivity contribution < 1.29 is 22.7 Å². The van der Waals surface area contributed by atoms with Gasteiger partial charge in [-0.25, -0.2) is 12.7 Å². The standard InChI is InChI=1S/C24H29N3O5S/c1-33(30,31)26-15-7-10-19(16-26)24(29)27-17-22(32-21-12-6-5-11-20(21)27)23(28)25-14-13-18-8-3-2-4-9-18/h2-6,8-9,11-12,19,22H,7,10,13-17H2,1H3,(H,25,28)/t19-,22-/m1/s1. The Balaban J connectivity index is 1.46. The van der Waals surface area contributed by atoms with Gasteiger partial charge in [-0.1, -0.05) is 42.5 Å². The van der Waals surface area contributed by atoms with E-state index in [2.05, 4.69) is 5.32 Å². The predicted molar refractivity (Wildman–Crippen MR) is 126 cm³/mol. The third-order valence-electron chi connectivity index (χ3n) is 6.09. The highest BCUT2D eigenvalue weighted by atomic mass is 32.2. The number of nitrogens with zero attached hydrogens (tertiary/aromatic N) is 2. The highest BCUT2D eigenvalue weighted by molar-refractivity contribution is 7.88. The molecular weight excluding hydrogens is 442 g/mol. The maximum absolute atomic E-state index is 13.5. The van der Waals surface area contributed by atoms with Crippen LogP contribution in [-0.2, 0) is 26.0 Å². The van der Waals surface area contributed by atoms with Crippen molar-refractivity contribution in [3.05, 3.63) is 60.2 Å². The molecule has 176 valence electrons. The number of rotatable bonds is 6. The Kier molecular flexibility index (Phi) is 6.99. The number of hydrogen-bond acceptors (Lipinski definition) is 5. The number of carbonyl (C=O) groups excluding carboxylic acids is 2. The number of anilines is 1. The van der Waals surface area contributed by atoms with E-state index in [0.717, 1.165) is 5.56 Å². The summed E-state index contributed by atoms with van der Waals surface area (Å²) >= 11 is 0. The number of fused-ring (bicyclic) bond motifs is 1. The van der Waals surface area contributed by atoms with Crippen molar-refractivity contribution >= 4 is 27.5 Å². The molecule has 2 aromatic carbocycles. The van der Waals surface area contributed by atoms with E-state index in [-0.39, 0.29) is 24.9 Å². The van der Waals surface area contributed by atoms with Crippen LogP contribution in [-0.4, -0.2) is 63.1 Å². The Morgan fingerprint density at radius 2 is 1.79 bits per heavy atom. The molecule has 2 aliphatic rings. The van der Waals surface area contributed by atoms with Crippen molar-refractivity contribution in [1.29, 1.82) is 0 Å². The van der Waals surface area contributed by atoms with Crippen LogP contribution in [0.5, 0.6) is 5.75 Å². The lowest BCUT2D eigenvalue weighted by atomic mass is 9.97. The molecule has 0 spiro atoms. The zero-order chi connectivity index (χ0) is 23.4. The highest BCUT2D eigenvalue weighted by Gasteiger charge is 2.38. The SMILES string of the molecule is CS(=O)(=O)N1CCC[C@@H](C(=O)N2C[C@H](C(=O)NCCc3ccccc3)Oc3ccccc32)C1. The lowest BCUT2D eigenvalue weighted by molar-refractivity contribution is -0.129. The molecule has 2 amide bonds. The maximum atomic E-state index is 13.5. The number of piperidine rings is 1. The monoisotopic (exact) mass is 471 g/mol. The summed E-state index contributed by atoms with van der Waals surface area (Å²) in [4.78, 5) is 27.9. The van der Waals surface area contributed by atoms with Gasteiger partial charge < -0.3 is 15.0 Å². The molecule has 1 N–H and O–H groups in total. The quantitative estimate of drug-likeness (QED) is 0.693. The number of benzene rings is 2. The third kappa shape index (κ3) is 5.54. The van der Waals surface area contributed by atoms with E-state index in [1.165, 1.54) is 10.6 Å². The van der Waals surface area contributed by atoms with E-state index in [9.17, 15) is 18.0 Å². The third-order valence-corrected chi connectivity index (χ3v) is 7.36. The molecule has 2 atom stereocenters. The molecule has 8 nitrogen and oxygen atoms in total. The zero-order valence-electron chi connectivity index (χ0n) is 18.6. The molecule has 33 heavy (non-hydrogen) atoms. The molecular formula is C24H29N3O5S. The molecule has 0 aliphatic carbocycles. The molecule has 1 fully saturated rings. The normalized spacial score (nSPS) is 21.1. The number of ether oxygens (including phenoxy) is 1. The number of nitrogens with one attached hydrogen (secondary N) is 1. The van der Waals surface area contributed by atoms with Gasteiger partial charge in [0.1, 0.15) is 5.75 Å². The van der Waals surface area contributed by atoms with E-state index in [0.29, 0.717) is 43.8 Å². The first kappa shape index (κ1) is 23.3. The van der Waals surface area contributed by atoms with E-state index >= 15 is 0 Å². The Hall–Kier alpha value is -2.91. The number of carbonyl (C=O) groups is 2. The van der Waals surface area contributed by atoms with Crippen LogP contribution in [0.15, 0.2) is 54.6 Å². The van der Waals surface area contributed by atoms with Crippen LogP contribution in [0.3, 0.4) is 0 Å². The first-order valence-electron chi connectivity index (χ1n) is 11.2. The van der Waals surface area contributed by atoms with Gasteiger partial charge in [0.2, 0.25) is 15.9 Å². The molecule has 0 aromatic heterocycles. The molecule has 9 heteroatoms. The zero-order valence-corrected chi connectivity index (χ0v) is 19.5. The summed E-state index contributed by atoms with van der Waals surface area (Å²) in [6.45, 7) is 1.13. The second kappa shape index (κ2) is 9.93. The van der Waals surface area contributed by atoms with Gasteiger partial charge in [-0.3, -0.25) is 9.59 Å². The molecule has 0 bridgehead atoms.